The summed E-state index contributed by atoms with van der Waals surface area (Å²) in [5.41, 5.74) is -0.738. The van der Waals surface area contributed by atoms with Gasteiger partial charge in [0.05, 0.1) is 5.41 Å². The number of rotatable bonds is 2. The van der Waals surface area contributed by atoms with E-state index in [1.54, 1.807) is 6.92 Å². The van der Waals surface area contributed by atoms with Crippen LogP contribution in [0.4, 0.5) is 0 Å². The Kier molecular flexibility index (Phi) is 2.91. The van der Waals surface area contributed by atoms with E-state index in [0.29, 0.717) is 12.8 Å². The molecule has 1 N–H and O–H groups in total. The van der Waals surface area contributed by atoms with Gasteiger partial charge in [0.15, 0.2) is 0 Å². The third-order valence-electron chi connectivity index (χ3n) is 4.13. The number of amides is 1. The van der Waals surface area contributed by atoms with Gasteiger partial charge in [0.2, 0.25) is 5.91 Å². The van der Waals surface area contributed by atoms with E-state index in [-0.39, 0.29) is 11.9 Å². The van der Waals surface area contributed by atoms with Crippen LogP contribution in [0.1, 0.15) is 45.4 Å². The average molecular weight is 225 g/mol. The molecule has 1 saturated heterocycles. The molecule has 1 aliphatic carbocycles. The summed E-state index contributed by atoms with van der Waals surface area (Å²) >= 11 is 0. The predicted molar refractivity (Wildman–Crippen MR) is 58.9 cm³/mol. The first-order valence-corrected chi connectivity index (χ1v) is 6.08. The summed E-state index contributed by atoms with van der Waals surface area (Å²) < 4.78 is 0. The number of hydrogen-bond donors (Lipinski definition) is 1. The predicted octanol–water partition coefficient (Wildman–Crippen LogP) is 1.64. The number of carbonyl (C=O) groups excluding carboxylic acids is 1. The molecule has 0 aromatic carbocycles. The monoisotopic (exact) mass is 225 g/mol. The topological polar surface area (TPSA) is 57.6 Å². The molecule has 2 rings (SSSR count). The molecule has 2 fully saturated rings. The molecular weight excluding hydrogens is 206 g/mol. The van der Waals surface area contributed by atoms with Crippen molar-refractivity contribution in [2.45, 2.75) is 51.5 Å². The quantitative estimate of drug-likeness (QED) is 0.777. The smallest absolute Gasteiger partial charge is 0.311 e. The Bertz CT molecular complexity index is 315. The summed E-state index contributed by atoms with van der Waals surface area (Å²) in [4.78, 5) is 24.9. The molecule has 0 spiro atoms. The van der Waals surface area contributed by atoms with Gasteiger partial charge in [0.1, 0.15) is 0 Å². The molecule has 1 amide bonds. The summed E-state index contributed by atoms with van der Waals surface area (Å²) in [6.45, 7) is 2.54. The zero-order chi connectivity index (χ0) is 11.8. The summed E-state index contributed by atoms with van der Waals surface area (Å²) in [6.07, 6.45) is 5.00. The molecular formula is C12H19NO3. The number of nitrogens with zero attached hydrogens (tertiary/aromatic N) is 1. The average Bonchev–Trinajstić information content (AvgIpc) is 2.65. The van der Waals surface area contributed by atoms with Crippen LogP contribution >= 0.6 is 0 Å². The minimum Gasteiger partial charge on any atom is -0.481 e. The van der Waals surface area contributed by atoms with Crippen molar-refractivity contribution in [1.29, 1.82) is 0 Å². The molecule has 1 aliphatic heterocycles. The molecule has 4 nitrogen and oxygen atoms in total. The minimum atomic E-state index is -0.753. The van der Waals surface area contributed by atoms with Crippen molar-refractivity contribution in [2.24, 2.45) is 5.41 Å². The minimum absolute atomic E-state index is 0.0891. The van der Waals surface area contributed by atoms with Crippen molar-refractivity contribution in [1.82, 2.24) is 4.90 Å². The molecule has 1 heterocycles. The lowest BCUT2D eigenvalue weighted by atomic mass is 9.71. The van der Waals surface area contributed by atoms with Gasteiger partial charge in [0.25, 0.3) is 0 Å². The van der Waals surface area contributed by atoms with Gasteiger partial charge in [-0.05, 0) is 26.2 Å². The van der Waals surface area contributed by atoms with Gasteiger partial charge in [0, 0.05) is 19.0 Å². The standard InChI is InChI=1S/C12H19NO3/c1-12(11(15)16)7-3-2-5-9(12)13-8-4-6-10(13)14/h9H,2-8H2,1H3,(H,15,16). The molecule has 4 heteroatoms. The van der Waals surface area contributed by atoms with Crippen molar-refractivity contribution in [3.8, 4) is 0 Å². The summed E-state index contributed by atoms with van der Waals surface area (Å²) in [5, 5.41) is 9.38. The van der Waals surface area contributed by atoms with E-state index >= 15 is 0 Å². The van der Waals surface area contributed by atoms with Crippen LogP contribution in [0.3, 0.4) is 0 Å². The van der Waals surface area contributed by atoms with Crippen LogP contribution in [0, 0.1) is 5.41 Å². The summed E-state index contributed by atoms with van der Waals surface area (Å²) in [7, 11) is 0. The molecule has 0 bridgehead atoms. The molecule has 0 aromatic rings. The highest BCUT2D eigenvalue weighted by Crippen LogP contribution is 2.40. The Morgan fingerprint density at radius 2 is 2.19 bits per heavy atom. The van der Waals surface area contributed by atoms with Crippen LogP contribution < -0.4 is 0 Å². The maximum atomic E-state index is 11.7. The van der Waals surface area contributed by atoms with E-state index in [1.165, 1.54) is 0 Å². The summed E-state index contributed by atoms with van der Waals surface area (Å²) in [6, 6.07) is -0.0891. The van der Waals surface area contributed by atoms with Crippen molar-refractivity contribution in [3.63, 3.8) is 0 Å². The van der Waals surface area contributed by atoms with E-state index in [4.69, 9.17) is 0 Å². The normalized spacial score (nSPS) is 35.4. The Morgan fingerprint density at radius 1 is 1.44 bits per heavy atom. The van der Waals surface area contributed by atoms with Crippen LogP contribution in [-0.4, -0.2) is 34.5 Å². The van der Waals surface area contributed by atoms with Crippen LogP contribution in [0.2, 0.25) is 0 Å². The molecule has 16 heavy (non-hydrogen) atoms. The lowest BCUT2D eigenvalue weighted by Crippen LogP contribution is -2.52. The van der Waals surface area contributed by atoms with Crippen molar-refractivity contribution in [2.75, 3.05) is 6.54 Å². The van der Waals surface area contributed by atoms with Crippen LogP contribution in [0.15, 0.2) is 0 Å². The lowest BCUT2D eigenvalue weighted by molar-refractivity contribution is -0.156. The van der Waals surface area contributed by atoms with Gasteiger partial charge in [-0.25, -0.2) is 0 Å². The molecule has 0 radical (unpaired) electrons. The lowest BCUT2D eigenvalue weighted by Gasteiger charge is -2.43. The van der Waals surface area contributed by atoms with Crippen LogP contribution in [0.25, 0.3) is 0 Å². The number of hydrogen-bond acceptors (Lipinski definition) is 2. The van der Waals surface area contributed by atoms with Gasteiger partial charge in [-0.1, -0.05) is 12.8 Å². The van der Waals surface area contributed by atoms with Gasteiger partial charge in [-0.2, -0.15) is 0 Å². The first-order chi connectivity index (χ1) is 7.55. The zero-order valence-electron chi connectivity index (χ0n) is 9.74. The third kappa shape index (κ3) is 1.70. The first-order valence-electron chi connectivity index (χ1n) is 6.08. The van der Waals surface area contributed by atoms with Crippen LogP contribution in [-0.2, 0) is 9.59 Å². The molecule has 1 saturated carbocycles. The summed E-state index contributed by atoms with van der Waals surface area (Å²) in [5.74, 6) is -0.615. The Balaban J connectivity index is 2.22. The first kappa shape index (κ1) is 11.4. The second kappa shape index (κ2) is 4.07. The van der Waals surface area contributed by atoms with E-state index in [9.17, 15) is 14.7 Å². The number of carbonyl (C=O) groups is 2. The third-order valence-corrected chi connectivity index (χ3v) is 4.13. The number of carboxylic acids is 1. The fourth-order valence-corrected chi connectivity index (χ4v) is 3.06. The van der Waals surface area contributed by atoms with Crippen molar-refractivity contribution >= 4 is 11.9 Å². The zero-order valence-corrected chi connectivity index (χ0v) is 9.74. The van der Waals surface area contributed by atoms with Gasteiger partial charge in [-0.3, -0.25) is 9.59 Å². The maximum absolute atomic E-state index is 11.7. The fraction of sp³-hybridized carbons (Fsp3) is 0.833. The maximum Gasteiger partial charge on any atom is 0.311 e. The van der Waals surface area contributed by atoms with E-state index in [2.05, 4.69) is 0 Å². The van der Waals surface area contributed by atoms with Gasteiger partial charge >= 0.3 is 5.97 Å². The molecule has 0 aromatic heterocycles. The second-order valence-electron chi connectivity index (χ2n) is 5.17. The second-order valence-corrected chi connectivity index (χ2v) is 5.17. The molecule has 2 atom stereocenters. The van der Waals surface area contributed by atoms with Gasteiger partial charge in [-0.15, -0.1) is 0 Å². The highest BCUT2D eigenvalue weighted by atomic mass is 16.4. The van der Waals surface area contributed by atoms with Crippen molar-refractivity contribution in [3.05, 3.63) is 0 Å². The molecule has 2 unspecified atom stereocenters. The highest BCUT2D eigenvalue weighted by molar-refractivity contribution is 5.81. The molecule has 2 aliphatic rings. The van der Waals surface area contributed by atoms with E-state index in [1.807, 2.05) is 4.90 Å². The number of aliphatic carboxylic acids is 1. The van der Waals surface area contributed by atoms with E-state index < -0.39 is 11.4 Å². The number of carboxylic acid groups (broad SMARTS) is 1. The Morgan fingerprint density at radius 3 is 2.75 bits per heavy atom. The number of likely N-dealkylation sites (tertiary alicyclic amines) is 1. The largest absolute Gasteiger partial charge is 0.481 e. The fourth-order valence-electron chi connectivity index (χ4n) is 3.06. The SMILES string of the molecule is CC1(C(=O)O)CCCCC1N1CCCC1=O. The van der Waals surface area contributed by atoms with E-state index in [0.717, 1.165) is 32.2 Å². The van der Waals surface area contributed by atoms with Gasteiger partial charge < -0.3 is 10.0 Å². The van der Waals surface area contributed by atoms with Crippen molar-refractivity contribution < 1.29 is 14.7 Å². The van der Waals surface area contributed by atoms with Crippen LogP contribution in [0.5, 0.6) is 0 Å². The Hall–Kier alpha value is -1.06. The Labute approximate surface area is 95.6 Å². The molecule has 90 valence electrons. The highest BCUT2D eigenvalue weighted by Gasteiger charge is 2.47.